The second kappa shape index (κ2) is 9.82. The minimum atomic E-state index is -4.43. The quantitative estimate of drug-likeness (QED) is 0.705. The van der Waals surface area contributed by atoms with Crippen LogP contribution in [0.4, 0.5) is 13.2 Å². The van der Waals surface area contributed by atoms with Crippen LogP contribution in [0.5, 0.6) is 5.88 Å². The van der Waals surface area contributed by atoms with E-state index in [9.17, 15) is 22.8 Å². The number of hydrogen-bond donors (Lipinski definition) is 1. The van der Waals surface area contributed by atoms with Gasteiger partial charge in [0.2, 0.25) is 5.88 Å². The number of halogens is 3. The molecule has 0 aliphatic heterocycles. The first-order chi connectivity index (χ1) is 13.3. The van der Waals surface area contributed by atoms with E-state index in [1.807, 2.05) is 6.92 Å². The third kappa shape index (κ3) is 7.34. The van der Waals surface area contributed by atoms with Crippen molar-refractivity contribution in [2.75, 3.05) is 6.61 Å². The number of alkyl halides is 3. The maximum absolute atomic E-state index is 12.3. The normalized spacial score (nSPS) is 11.1. The Labute approximate surface area is 160 Å². The molecule has 9 heteroatoms. The molecule has 1 N–H and O–H groups in total. The number of rotatable bonds is 9. The Kier molecular flexibility index (Phi) is 7.48. The van der Waals surface area contributed by atoms with Crippen LogP contribution in [0.3, 0.4) is 0 Å². The maximum Gasteiger partial charge on any atom is 0.422 e. The molecule has 0 saturated carbocycles. The molecule has 0 spiro atoms. The first-order valence-electron chi connectivity index (χ1n) is 8.66. The molecule has 1 amide bonds. The fourth-order valence-electron chi connectivity index (χ4n) is 2.33. The van der Waals surface area contributed by atoms with E-state index in [0.29, 0.717) is 23.2 Å². The van der Waals surface area contributed by atoms with Crippen LogP contribution in [0.1, 0.15) is 41.4 Å². The largest absolute Gasteiger partial charge is 0.468 e. The van der Waals surface area contributed by atoms with Gasteiger partial charge in [-0.05, 0) is 24.1 Å². The van der Waals surface area contributed by atoms with Gasteiger partial charge in [0.05, 0.1) is 0 Å². The topological polar surface area (TPSA) is 81.2 Å². The molecule has 0 saturated heterocycles. The minimum absolute atomic E-state index is 0.0615. The molecule has 0 fully saturated rings. The summed E-state index contributed by atoms with van der Waals surface area (Å²) in [5.41, 5.74) is 1.49. The SMILES string of the molecule is CCCC(=O)Cc1cc(C(=O)NCc2ccc(OCC(F)(F)F)nc2)ccn1. The van der Waals surface area contributed by atoms with Crippen molar-refractivity contribution in [2.45, 2.75) is 38.9 Å². The van der Waals surface area contributed by atoms with Crippen molar-refractivity contribution in [3.05, 3.63) is 53.5 Å². The second-order valence-corrected chi connectivity index (χ2v) is 6.09. The number of ether oxygens (including phenoxy) is 1. The fourth-order valence-corrected chi connectivity index (χ4v) is 2.33. The van der Waals surface area contributed by atoms with Gasteiger partial charge >= 0.3 is 6.18 Å². The van der Waals surface area contributed by atoms with E-state index in [2.05, 4.69) is 20.0 Å². The molecular weight excluding hydrogens is 375 g/mol. The zero-order valence-corrected chi connectivity index (χ0v) is 15.3. The first kappa shape index (κ1) is 21.3. The molecule has 0 aromatic carbocycles. The first-order valence-corrected chi connectivity index (χ1v) is 8.66. The number of amides is 1. The molecule has 2 aromatic heterocycles. The van der Waals surface area contributed by atoms with Crippen LogP contribution in [-0.4, -0.2) is 34.4 Å². The lowest BCUT2D eigenvalue weighted by Gasteiger charge is -2.09. The zero-order chi connectivity index (χ0) is 20.6. The molecule has 2 aromatic rings. The van der Waals surface area contributed by atoms with Gasteiger partial charge in [0.1, 0.15) is 5.78 Å². The summed E-state index contributed by atoms with van der Waals surface area (Å²) in [7, 11) is 0. The van der Waals surface area contributed by atoms with Gasteiger partial charge in [-0.15, -0.1) is 0 Å². The molecule has 0 aliphatic rings. The van der Waals surface area contributed by atoms with E-state index in [-0.39, 0.29) is 30.5 Å². The smallest absolute Gasteiger partial charge is 0.422 e. The number of aromatic nitrogens is 2. The Hall–Kier alpha value is -2.97. The van der Waals surface area contributed by atoms with Gasteiger partial charge < -0.3 is 10.1 Å². The summed E-state index contributed by atoms with van der Waals surface area (Å²) in [4.78, 5) is 31.9. The van der Waals surface area contributed by atoms with Crippen LogP contribution in [0.15, 0.2) is 36.7 Å². The van der Waals surface area contributed by atoms with Crippen molar-refractivity contribution in [1.82, 2.24) is 15.3 Å². The highest BCUT2D eigenvalue weighted by atomic mass is 19.4. The summed E-state index contributed by atoms with van der Waals surface area (Å²) >= 11 is 0. The van der Waals surface area contributed by atoms with Crippen LogP contribution in [0.25, 0.3) is 0 Å². The van der Waals surface area contributed by atoms with E-state index in [0.717, 1.165) is 6.42 Å². The van der Waals surface area contributed by atoms with E-state index >= 15 is 0 Å². The lowest BCUT2D eigenvalue weighted by Crippen LogP contribution is -2.23. The number of hydrogen-bond acceptors (Lipinski definition) is 5. The van der Waals surface area contributed by atoms with Crippen LogP contribution in [0, 0.1) is 0 Å². The van der Waals surface area contributed by atoms with E-state index in [4.69, 9.17) is 0 Å². The van der Waals surface area contributed by atoms with Crippen molar-refractivity contribution in [2.24, 2.45) is 0 Å². The van der Waals surface area contributed by atoms with E-state index in [1.54, 1.807) is 6.07 Å². The number of nitrogens with zero attached hydrogens (tertiary/aromatic N) is 2. The maximum atomic E-state index is 12.3. The van der Waals surface area contributed by atoms with Gasteiger partial charge in [0.15, 0.2) is 6.61 Å². The second-order valence-electron chi connectivity index (χ2n) is 6.09. The van der Waals surface area contributed by atoms with Crippen molar-refractivity contribution in [3.8, 4) is 5.88 Å². The number of carbonyl (C=O) groups is 2. The number of carbonyl (C=O) groups excluding carboxylic acids is 2. The molecule has 2 heterocycles. The Balaban J connectivity index is 1.89. The van der Waals surface area contributed by atoms with E-state index in [1.165, 1.54) is 30.6 Å². The van der Waals surface area contributed by atoms with Crippen LogP contribution >= 0.6 is 0 Å². The predicted octanol–water partition coefficient (Wildman–Crippen LogP) is 3.26. The van der Waals surface area contributed by atoms with Crippen LogP contribution in [-0.2, 0) is 17.8 Å². The monoisotopic (exact) mass is 395 g/mol. The van der Waals surface area contributed by atoms with Crippen LogP contribution in [0.2, 0.25) is 0 Å². The van der Waals surface area contributed by atoms with Gasteiger partial charge in [0.25, 0.3) is 5.91 Å². The molecule has 0 bridgehead atoms. The third-order valence-electron chi connectivity index (χ3n) is 3.62. The average molecular weight is 395 g/mol. The summed E-state index contributed by atoms with van der Waals surface area (Å²) < 4.78 is 40.8. The molecular formula is C19H20F3N3O3. The van der Waals surface area contributed by atoms with Crippen molar-refractivity contribution in [3.63, 3.8) is 0 Å². The van der Waals surface area contributed by atoms with Crippen molar-refractivity contribution in [1.29, 1.82) is 0 Å². The lowest BCUT2D eigenvalue weighted by atomic mass is 10.1. The molecule has 0 radical (unpaired) electrons. The van der Waals surface area contributed by atoms with Gasteiger partial charge in [0, 0.05) is 49.1 Å². The van der Waals surface area contributed by atoms with Gasteiger partial charge in [-0.2, -0.15) is 13.2 Å². The molecule has 150 valence electrons. The van der Waals surface area contributed by atoms with Gasteiger partial charge in [-0.25, -0.2) is 4.98 Å². The summed E-state index contributed by atoms with van der Waals surface area (Å²) in [6.07, 6.45) is -0.233. The lowest BCUT2D eigenvalue weighted by molar-refractivity contribution is -0.154. The minimum Gasteiger partial charge on any atom is -0.468 e. The van der Waals surface area contributed by atoms with Crippen molar-refractivity contribution < 1.29 is 27.5 Å². The van der Waals surface area contributed by atoms with Crippen molar-refractivity contribution >= 4 is 11.7 Å². The highest BCUT2D eigenvalue weighted by molar-refractivity contribution is 5.94. The summed E-state index contributed by atoms with van der Waals surface area (Å²) in [5.74, 6) is -0.446. The Morgan fingerprint density at radius 3 is 2.61 bits per heavy atom. The van der Waals surface area contributed by atoms with Crippen LogP contribution < -0.4 is 10.1 Å². The number of pyridine rings is 2. The highest BCUT2D eigenvalue weighted by Gasteiger charge is 2.28. The molecule has 0 atom stereocenters. The summed E-state index contributed by atoms with van der Waals surface area (Å²) in [6.45, 7) is 0.637. The summed E-state index contributed by atoms with van der Waals surface area (Å²) in [6, 6.07) is 5.92. The van der Waals surface area contributed by atoms with E-state index < -0.39 is 12.8 Å². The number of Topliss-reactive ketones (excluding diaryl/α,β-unsaturated/α-hetero) is 1. The number of nitrogens with one attached hydrogen (secondary N) is 1. The standard InChI is InChI=1S/C19H20F3N3O3/c1-2-3-16(26)9-15-8-14(6-7-23-15)18(27)25-11-13-4-5-17(24-10-13)28-12-19(20,21)22/h4-8,10H,2-3,9,11-12H2,1H3,(H,25,27). The molecule has 0 aliphatic carbocycles. The molecule has 0 unspecified atom stereocenters. The average Bonchev–Trinajstić information content (AvgIpc) is 2.65. The highest BCUT2D eigenvalue weighted by Crippen LogP contribution is 2.17. The summed E-state index contributed by atoms with van der Waals surface area (Å²) in [5, 5.41) is 2.68. The fraction of sp³-hybridized carbons (Fsp3) is 0.368. The predicted molar refractivity (Wildman–Crippen MR) is 94.8 cm³/mol. The zero-order valence-electron chi connectivity index (χ0n) is 15.3. The Morgan fingerprint density at radius 2 is 1.96 bits per heavy atom. The van der Waals surface area contributed by atoms with Gasteiger partial charge in [-0.3, -0.25) is 14.6 Å². The third-order valence-corrected chi connectivity index (χ3v) is 3.62. The molecule has 28 heavy (non-hydrogen) atoms. The molecule has 6 nitrogen and oxygen atoms in total. The number of ketones is 1. The molecule has 2 rings (SSSR count). The van der Waals surface area contributed by atoms with Gasteiger partial charge in [-0.1, -0.05) is 13.0 Å². The Bertz CT molecular complexity index is 808. The Morgan fingerprint density at radius 1 is 1.18 bits per heavy atom.